The molecule has 10 nitrogen and oxygen atoms in total. The van der Waals surface area contributed by atoms with E-state index in [1.54, 1.807) is 0 Å². The van der Waals surface area contributed by atoms with Crippen molar-refractivity contribution >= 4 is 23.5 Å². The maximum absolute atomic E-state index is 14.3. The molecule has 4 aliphatic rings. The van der Waals surface area contributed by atoms with E-state index in [0.717, 1.165) is 0 Å². The Bertz CT molecular complexity index is 1270. The molecule has 0 bridgehead atoms. The van der Waals surface area contributed by atoms with Crippen LogP contribution in [0, 0.1) is 45.3 Å². The molecule has 10 unspecified atom stereocenters. The number of hydrogen-bond acceptors (Lipinski definition) is 7. The van der Waals surface area contributed by atoms with Crippen molar-refractivity contribution in [2.45, 2.75) is 98.9 Å². The summed E-state index contributed by atoms with van der Waals surface area (Å²) in [6.07, 6.45) is -0.0691. The molecule has 2 saturated carbocycles. The van der Waals surface area contributed by atoms with Crippen LogP contribution in [0.4, 0.5) is 0 Å². The van der Waals surface area contributed by atoms with Gasteiger partial charge in [-0.2, -0.15) is 0 Å². The number of allylic oxidation sites excluding steroid dienone is 1. The van der Waals surface area contributed by atoms with E-state index in [1.165, 1.54) is 13.0 Å². The first kappa shape index (κ1) is 32.4. The Labute approximate surface area is 248 Å². The minimum atomic E-state index is -1.19. The number of aliphatic carboxylic acids is 1. The molecule has 0 spiro atoms. The molecule has 0 aromatic heterocycles. The third-order valence-corrected chi connectivity index (χ3v) is 12.4. The van der Waals surface area contributed by atoms with Crippen LogP contribution in [0.3, 0.4) is 0 Å². The molecule has 0 aromatic rings. The number of fused-ring (bicyclic) bond motifs is 4. The lowest BCUT2D eigenvalue weighted by molar-refractivity contribution is -0.146. The fourth-order valence-electron chi connectivity index (χ4n) is 9.67. The Morgan fingerprint density at radius 1 is 1.12 bits per heavy atom. The van der Waals surface area contributed by atoms with Crippen LogP contribution >= 0.6 is 0 Å². The molecule has 0 saturated heterocycles. The Balaban J connectivity index is 1.82. The first-order chi connectivity index (χ1) is 19.2. The summed E-state index contributed by atoms with van der Waals surface area (Å²) in [6, 6.07) is 0. The Kier molecular flexibility index (Phi) is 8.13. The zero-order valence-electron chi connectivity index (χ0n) is 26.0. The number of aliphatic imine (C=N–C) groups is 1. The van der Waals surface area contributed by atoms with Crippen molar-refractivity contribution in [3.63, 3.8) is 0 Å². The fourth-order valence-corrected chi connectivity index (χ4v) is 9.67. The van der Waals surface area contributed by atoms with Gasteiger partial charge in [0, 0.05) is 52.7 Å². The average Bonchev–Trinajstić information content (AvgIpc) is 3.08. The van der Waals surface area contributed by atoms with Gasteiger partial charge in [-0.25, -0.2) is 4.79 Å². The number of aliphatic hydroxyl groups is 3. The predicted octanol–water partition coefficient (Wildman–Crippen LogP) is 2.34. The quantitative estimate of drug-likeness (QED) is 0.147. The number of Topliss-reactive ketones (excluding diaryl/α,β-unsaturated/α-hetero) is 2. The van der Waals surface area contributed by atoms with Crippen molar-refractivity contribution < 1.29 is 34.8 Å². The first-order valence-corrected chi connectivity index (χ1v) is 15.1. The van der Waals surface area contributed by atoms with Gasteiger partial charge in [0.1, 0.15) is 5.78 Å². The summed E-state index contributed by atoms with van der Waals surface area (Å²) in [7, 11) is 0. The van der Waals surface area contributed by atoms with E-state index in [0.29, 0.717) is 36.8 Å². The smallest absolute Gasteiger partial charge is 0.331 e. The summed E-state index contributed by atoms with van der Waals surface area (Å²) in [5.74, 6) is -2.66. The molecule has 42 heavy (non-hydrogen) atoms. The normalized spacial score (nSPS) is 40.0. The molecular formula is C32H49N3O7. The highest BCUT2D eigenvalue weighted by Crippen LogP contribution is 2.71. The van der Waals surface area contributed by atoms with Crippen molar-refractivity contribution in [2.75, 3.05) is 6.54 Å². The van der Waals surface area contributed by atoms with Crippen LogP contribution in [0.5, 0.6) is 0 Å². The van der Waals surface area contributed by atoms with Crippen LogP contribution in [0.15, 0.2) is 27.8 Å². The topological polar surface area (TPSA) is 197 Å². The Morgan fingerprint density at radius 2 is 1.74 bits per heavy atom. The highest BCUT2D eigenvalue weighted by atomic mass is 16.4. The van der Waals surface area contributed by atoms with Gasteiger partial charge in [0.05, 0.1) is 18.3 Å². The van der Waals surface area contributed by atoms with Gasteiger partial charge in [-0.05, 0) is 61.0 Å². The summed E-state index contributed by atoms with van der Waals surface area (Å²) in [5, 5.41) is 44.2. The molecule has 8 N–H and O–H groups in total. The molecule has 2 fully saturated rings. The van der Waals surface area contributed by atoms with Crippen molar-refractivity contribution in [3.05, 3.63) is 22.8 Å². The zero-order valence-corrected chi connectivity index (χ0v) is 26.0. The second-order valence-corrected chi connectivity index (χ2v) is 14.7. The van der Waals surface area contributed by atoms with Crippen molar-refractivity contribution in [1.82, 2.24) is 0 Å². The van der Waals surface area contributed by atoms with Crippen molar-refractivity contribution in [3.8, 4) is 0 Å². The van der Waals surface area contributed by atoms with Gasteiger partial charge < -0.3 is 31.9 Å². The van der Waals surface area contributed by atoms with Crippen LogP contribution < -0.4 is 11.5 Å². The maximum atomic E-state index is 14.3. The van der Waals surface area contributed by atoms with Crippen LogP contribution in [0.25, 0.3) is 0 Å². The summed E-state index contributed by atoms with van der Waals surface area (Å²) < 4.78 is 0. The highest BCUT2D eigenvalue weighted by molar-refractivity contribution is 6.01. The number of carboxylic acids is 1. The average molecular weight is 588 g/mol. The summed E-state index contributed by atoms with van der Waals surface area (Å²) in [5.41, 5.74) is 9.41. The van der Waals surface area contributed by atoms with Gasteiger partial charge in [-0.3, -0.25) is 14.6 Å². The van der Waals surface area contributed by atoms with Gasteiger partial charge >= 0.3 is 5.97 Å². The Hall–Kier alpha value is -2.56. The van der Waals surface area contributed by atoms with Crippen LogP contribution in [0.1, 0.15) is 80.6 Å². The number of ketones is 2. The van der Waals surface area contributed by atoms with E-state index in [2.05, 4.69) is 11.9 Å². The zero-order chi connectivity index (χ0) is 31.7. The molecule has 0 heterocycles. The number of carbonyl (C=O) groups excluding carboxylic acids is 2. The molecule has 10 heteroatoms. The van der Waals surface area contributed by atoms with Gasteiger partial charge in [0.25, 0.3) is 0 Å². The van der Waals surface area contributed by atoms with Crippen molar-refractivity contribution in [2.24, 2.45) is 61.8 Å². The molecule has 0 aromatic carbocycles. The highest BCUT2D eigenvalue weighted by Gasteiger charge is 2.70. The molecule has 10 atom stereocenters. The number of guanidine groups is 1. The van der Waals surface area contributed by atoms with Crippen LogP contribution in [-0.2, 0) is 14.4 Å². The number of nitrogens with two attached hydrogens (primary N) is 2. The van der Waals surface area contributed by atoms with E-state index >= 15 is 0 Å². The fraction of sp³-hybridized carbons (Fsp3) is 0.750. The van der Waals surface area contributed by atoms with Crippen molar-refractivity contribution in [1.29, 1.82) is 0 Å². The van der Waals surface area contributed by atoms with E-state index in [9.17, 15) is 34.8 Å². The molecule has 0 aliphatic heterocycles. The Morgan fingerprint density at radius 3 is 2.31 bits per heavy atom. The minimum Gasteiger partial charge on any atom is -0.478 e. The lowest BCUT2D eigenvalue weighted by Gasteiger charge is -2.61. The van der Waals surface area contributed by atoms with E-state index < -0.39 is 51.9 Å². The van der Waals surface area contributed by atoms with Gasteiger partial charge in [-0.1, -0.05) is 41.5 Å². The largest absolute Gasteiger partial charge is 0.478 e. The summed E-state index contributed by atoms with van der Waals surface area (Å²) in [6.45, 7) is 13.2. The van der Waals surface area contributed by atoms with Crippen LogP contribution in [-0.4, -0.2) is 68.8 Å². The third kappa shape index (κ3) is 4.56. The van der Waals surface area contributed by atoms with Gasteiger partial charge in [0.15, 0.2) is 11.7 Å². The number of carboxylic acid groups (broad SMARTS) is 1. The third-order valence-electron chi connectivity index (χ3n) is 12.4. The SMILES string of the molecule is CC(=CC(O)C(CN=C(N)N)C(C)C1CC(O)C2(C)C3=C(C(=O)CC12C)C1(C)CCC(=O)C(C)(C)C1CC3O)C(=O)O. The second kappa shape index (κ2) is 10.6. The number of nitrogens with zero attached hydrogens (tertiary/aromatic N) is 1. The monoisotopic (exact) mass is 587 g/mol. The minimum absolute atomic E-state index is 0.0171. The molecule has 0 amide bonds. The lowest BCUT2D eigenvalue weighted by atomic mass is 9.42. The molecule has 4 rings (SSSR count). The second-order valence-electron chi connectivity index (χ2n) is 14.7. The van der Waals surface area contributed by atoms with E-state index in [-0.39, 0.29) is 53.8 Å². The number of hydrogen-bond donors (Lipinski definition) is 6. The standard InChI is InChI=1S/C32H49N3O7/c1-15(27(41)42)10-19(36)17(14-35-28(33)34)16(2)18-11-24(40)32(7)26-20(37)12-22-29(3,4)23(39)8-9-30(22,5)25(26)21(38)13-31(18,32)6/h10,16-20,22,24,36-37,40H,8-9,11-14H2,1-7H3,(H,41,42)(H4,33,34,35). The summed E-state index contributed by atoms with van der Waals surface area (Å²) in [4.78, 5) is 42.9. The van der Waals surface area contributed by atoms with Gasteiger partial charge in [0.2, 0.25) is 0 Å². The number of carbonyl (C=O) groups is 3. The number of rotatable bonds is 7. The number of aliphatic hydroxyl groups excluding tert-OH is 3. The molecule has 0 radical (unpaired) electrons. The van der Waals surface area contributed by atoms with E-state index in [1.807, 2.05) is 34.6 Å². The van der Waals surface area contributed by atoms with Gasteiger partial charge in [-0.15, -0.1) is 0 Å². The lowest BCUT2D eigenvalue weighted by Crippen LogP contribution is -2.60. The van der Waals surface area contributed by atoms with Crippen LogP contribution in [0.2, 0.25) is 0 Å². The first-order valence-electron chi connectivity index (χ1n) is 15.1. The molecular weight excluding hydrogens is 538 g/mol. The van der Waals surface area contributed by atoms with E-state index in [4.69, 9.17) is 11.5 Å². The maximum Gasteiger partial charge on any atom is 0.331 e. The molecule has 234 valence electrons. The molecule has 4 aliphatic carbocycles. The summed E-state index contributed by atoms with van der Waals surface area (Å²) >= 11 is 0. The predicted molar refractivity (Wildman–Crippen MR) is 158 cm³/mol.